The highest BCUT2D eigenvalue weighted by atomic mass is 35.5. The minimum Gasteiger partial charge on any atom is -0.480 e. The van der Waals surface area contributed by atoms with Crippen molar-refractivity contribution in [3.05, 3.63) is 87.4 Å². The Morgan fingerprint density at radius 1 is 0.963 bits per heavy atom. The molecule has 2 saturated heterocycles. The summed E-state index contributed by atoms with van der Waals surface area (Å²) in [5.41, 5.74) is 5.33. The summed E-state index contributed by atoms with van der Waals surface area (Å²) in [4.78, 5) is 25.3. The fraction of sp³-hybridized carbons (Fsp3) is 0.300. The number of aromatic nitrogens is 2. The topological polar surface area (TPSA) is 129 Å². The number of benzene rings is 4. The molecule has 4 aromatic carbocycles. The molecule has 2 aliphatic rings. The summed E-state index contributed by atoms with van der Waals surface area (Å²) in [6.45, 7) is 2.47. The van der Waals surface area contributed by atoms with Crippen LogP contribution in [0.4, 0.5) is 8.78 Å². The van der Waals surface area contributed by atoms with Gasteiger partial charge < -0.3 is 18.7 Å². The van der Waals surface area contributed by atoms with Crippen molar-refractivity contribution in [3.63, 3.8) is 0 Å². The Morgan fingerprint density at radius 3 is 2.30 bits per heavy atom. The van der Waals surface area contributed by atoms with E-state index in [9.17, 15) is 23.9 Å². The first-order chi connectivity index (χ1) is 26.1. The second kappa shape index (κ2) is 14.6. The molecule has 276 valence electrons. The van der Waals surface area contributed by atoms with Crippen molar-refractivity contribution in [1.29, 1.82) is 5.26 Å². The summed E-state index contributed by atoms with van der Waals surface area (Å²) in [6, 6.07) is 18.9. The van der Waals surface area contributed by atoms with Crippen LogP contribution < -0.4 is 4.74 Å². The van der Waals surface area contributed by atoms with Crippen LogP contribution in [0.15, 0.2) is 69.5 Å². The summed E-state index contributed by atoms with van der Waals surface area (Å²) >= 11 is 14.1. The molecule has 2 aliphatic heterocycles. The van der Waals surface area contributed by atoms with Crippen LogP contribution in [0.5, 0.6) is 5.75 Å². The maximum absolute atomic E-state index is 13.5. The summed E-state index contributed by atoms with van der Waals surface area (Å²) in [5.74, 6) is -0.0614. The van der Waals surface area contributed by atoms with E-state index in [1.165, 1.54) is 6.07 Å². The first-order valence-corrected chi connectivity index (χ1v) is 18.3. The van der Waals surface area contributed by atoms with Gasteiger partial charge in [0.25, 0.3) is 0 Å². The molecule has 4 heterocycles. The molecule has 10 nitrogen and oxygen atoms in total. The molecule has 0 saturated carbocycles. The largest absolute Gasteiger partial charge is 0.480 e. The Morgan fingerprint density at radius 2 is 1.65 bits per heavy atom. The van der Waals surface area contributed by atoms with E-state index in [0.717, 1.165) is 31.6 Å². The molecule has 6 aromatic rings. The van der Waals surface area contributed by atoms with E-state index in [-0.39, 0.29) is 34.7 Å². The Balaban J connectivity index is 1.13. The molecular formula is C40H33Cl2F2N5O5. The van der Waals surface area contributed by atoms with Gasteiger partial charge in [0, 0.05) is 42.4 Å². The molecule has 2 fully saturated rings. The van der Waals surface area contributed by atoms with Gasteiger partial charge in [-0.25, -0.2) is 9.97 Å². The average Bonchev–Trinajstić information content (AvgIpc) is 3.95. The number of nitriles is 1. The number of aliphatic carboxylic acids is 1. The average molecular weight is 773 g/mol. The van der Waals surface area contributed by atoms with E-state index < -0.39 is 18.6 Å². The molecule has 0 aliphatic carbocycles. The van der Waals surface area contributed by atoms with Crippen molar-refractivity contribution >= 4 is 51.4 Å². The van der Waals surface area contributed by atoms with Crippen molar-refractivity contribution in [2.75, 3.05) is 19.6 Å². The van der Waals surface area contributed by atoms with E-state index >= 15 is 0 Å². The van der Waals surface area contributed by atoms with Crippen LogP contribution in [0.25, 0.3) is 56.2 Å². The smallest absolute Gasteiger partial charge is 0.387 e. The number of carboxylic acids is 1. The van der Waals surface area contributed by atoms with Gasteiger partial charge in [-0.05, 0) is 74.2 Å². The van der Waals surface area contributed by atoms with Gasteiger partial charge in [-0.2, -0.15) is 14.0 Å². The van der Waals surface area contributed by atoms with E-state index in [1.54, 1.807) is 41.3 Å². The maximum Gasteiger partial charge on any atom is 0.387 e. The standard InChI is InChI=1S/C40H33Cl2F2N5O5/c1-21-10-12-48(18-21)19-22-13-23(17-45)36-30(14-22)47-38(54-36)28-8-3-6-26(35(28)42)25-5-2-7-27(34(25)41)37-46-29-15-24(20-49-11-4-9-31(49)39(50)51)32(53-40(43)44)16-33(29)52-37/h2-3,5-8,13-16,21,31,40H,4,9-12,18-20H2,1H3,(H,50,51)/t21-,31-/m0/s1. The quantitative estimate of drug-likeness (QED) is 0.144. The first kappa shape index (κ1) is 35.9. The SMILES string of the molecule is C[C@H]1CCN(Cc2cc(C#N)c3oc(-c4cccc(-c5cccc(-c6nc7cc(CN8CCC[C@H]8C(=O)O)c(OC(F)F)cc7o6)c5Cl)c4Cl)nc3c2)C1. The summed E-state index contributed by atoms with van der Waals surface area (Å²) in [7, 11) is 0. The fourth-order valence-electron chi connectivity index (χ4n) is 7.58. The lowest BCUT2D eigenvalue weighted by Crippen LogP contribution is -2.35. The zero-order valence-electron chi connectivity index (χ0n) is 29.0. The van der Waals surface area contributed by atoms with Crippen LogP contribution in [0.2, 0.25) is 10.0 Å². The fourth-order valence-corrected chi connectivity index (χ4v) is 8.19. The normalized spacial score (nSPS) is 17.9. The number of rotatable bonds is 10. The molecule has 0 spiro atoms. The van der Waals surface area contributed by atoms with Crippen LogP contribution in [-0.2, 0) is 17.9 Å². The molecule has 0 bridgehead atoms. The predicted octanol–water partition coefficient (Wildman–Crippen LogP) is 9.64. The second-order valence-corrected chi connectivity index (χ2v) is 14.6. The van der Waals surface area contributed by atoms with Gasteiger partial charge in [-0.15, -0.1) is 0 Å². The van der Waals surface area contributed by atoms with E-state index in [0.29, 0.717) is 80.3 Å². The van der Waals surface area contributed by atoms with Crippen molar-refractivity contribution in [1.82, 2.24) is 19.8 Å². The Hall–Kier alpha value is -5.06. The van der Waals surface area contributed by atoms with Crippen LogP contribution in [-0.4, -0.2) is 63.1 Å². The van der Waals surface area contributed by atoms with E-state index in [1.807, 2.05) is 18.2 Å². The number of fused-ring (bicyclic) bond motifs is 2. The number of hydrogen-bond acceptors (Lipinski definition) is 9. The molecule has 0 amide bonds. The van der Waals surface area contributed by atoms with Crippen molar-refractivity contribution in [3.8, 4) is 45.9 Å². The molecule has 14 heteroatoms. The Kier molecular flexibility index (Phi) is 9.74. The zero-order chi connectivity index (χ0) is 37.7. The highest BCUT2D eigenvalue weighted by Gasteiger charge is 2.32. The van der Waals surface area contributed by atoms with Gasteiger partial charge in [-0.3, -0.25) is 14.6 Å². The van der Waals surface area contributed by atoms with Gasteiger partial charge in [-0.1, -0.05) is 54.4 Å². The minimum atomic E-state index is -3.10. The molecule has 2 atom stereocenters. The van der Waals surface area contributed by atoms with Crippen molar-refractivity contribution in [2.24, 2.45) is 5.92 Å². The monoisotopic (exact) mass is 771 g/mol. The number of likely N-dealkylation sites (tertiary alicyclic amines) is 2. The van der Waals surface area contributed by atoms with E-state index in [2.05, 4.69) is 22.9 Å². The summed E-state index contributed by atoms with van der Waals surface area (Å²) in [5, 5.41) is 20.2. The highest BCUT2D eigenvalue weighted by molar-refractivity contribution is 6.39. The molecule has 1 N–H and O–H groups in total. The molecule has 0 unspecified atom stereocenters. The number of halogens is 4. The predicted molar refractivity (Wildman–Crippen MR) is 199 cm³/mol. The lowest BCUT2D eigenvalue weighted by molar-refractivity contribution is -0.142. The number of hydrogen-bond donors (Lipinski definition) is 1. The Bertz CT molecular complexity index is 2460. The molecule has 2 aromatic heterocycles. The third kappa shape index (κ3) is 6.89. The maximum atomic E-state index is 13.5. The lowest BCUT2D eigenvalue weighted by atomic mass is 10.0. The van der Waals surface area contributed by atoms with Crippen molar-refractivity contribution in [2.45, 2.75) is 51.9 Å². The number of oxazole rings is 2. The number of alkyl halides is 2. The summed E-state index contributed by atoms with van der Waals surface area (Å²) < 4.78 is 44.0. The lowest BCUT2D eigenvalue weighted by Gasteiger charge is -2.22. The second-order valence-electron chi connectivity index (χ2n) is 13.9. The Labute approximate surface area is 318 Å². The molecule has 54 heavy (non-hydrogen) atoms. The van der Waals surface area contributed by atoms with Crippen LogP contribution >= 0.6 is 23.2 Å². The number of nitrogens with zero attached hydrogens (tertiary/aromatic N) is 5. The molecule has 0 radical (unpaired) electrons. The van der Waals surface area contributed by atoms with Crippen LogP contribution in [0.3, 0.4) is 0 Å². The zero-order valence-corrected chi connectivity index (χ0v) is 30.5. The molecular weight excluding hydrogens is 739 g/mol. The van der Waals surface area contributed by atoms with Gasteiger partial charge in [0.2, 0.25) is 11.8 Å². The minimum absolute atomic E-state index is 0.0826. The number of ether oxygens (including phenoxy) is 1. The van der Waals surface area contributed by atoms with Gasteiger partial charge >= 0.3 is 12.6 Å². The van der Waals surface area contributed by atoms with Crippen LogP contribution in [0.1, 0.15) is 42.9 Å². The molecule has 8 rings (SSSR count). The van der Waals surface area contributed by atoms with Gasteiger partial charge in [0.05, 0.1) is 26.7 Å². The third-order valence-electron chi connectivity index (χ3n) is 10.1. The first-order valence-electron chi connectivity index (χ1n) is 17.6. The number of carbonyl (C=O) groups is 1. The summed E-state index contributed by atoms with van der Waals surface area (Å²) in [6.07, 6.45) is 2.29. The van der Waals surface area contributed by atoms with E-state index in [4.69, 9.17) is 41.8 Å². The van der Waals surface area contributed by atoms with Gasteiger partial charge in [0.1, 0.15) is 28.9 Å². The third-order valence-corrected chi connectivity index (χ3v) is 11.0. The van der Waals surface area contributed by atoms with Crippen molar-refractivity contribution < 1.29 is 32.3 Å². The number of carboxylic acid groups (broad SMARTS) is 1. The van der Waals surface area contributed by atoms with Gasteiger partial charge in [0.15, 0.2) is 11.2 Å². The highest BCUT2D eigenvalue weighted by Crippen LogP contribution is 2.43. The van der Waals surface area contributed by atoms with Crippen LogP contribution in [0, 0.1) is 17.2 Å².